The van der Waals surface area contributed by atoms with Gasteiger partial charge in [-0.1, -0.05) is 5.92 Å². The Morgan fingerprint density at radius 1 is 1.11 bits per heavy atom. The molecule has 28 heavy (non-hydrogen) atoms. The second-order valence-electron chi connectivity index (χ2n) is 5.62. The minimum absolute atomic E-state index is 0.186. The van der Waals surface area contributed by atoms with Crippen molar-refractivity contribution in [2.24, 2.45) is 0 Å². The molecule has 0 aromatic carbocycles. The van der Waals surface area contributed by atoms with Gasteiger partial charge in [-0.25, -0.2) is 15.0 Å². The fraction of sp³-hybridized carbons (Fsp3) is 0.105. The first-order chi connectivity index (χ1) is 13.7. The third-order valence-electron chi connectivity index (χ3n) is 3.63. The molecule has 3 aromatic rings. The molecule has 9 nitrogen and oxygen atoms in total. The van der Waals surface area contributed by atoms with E-state index in [4.69, 9.17) is 12.2 Å². The number of aromatic nitrogens is 4. The number of nitrogens with one attached hydrogen (secondary N) is 3. The van der Waals surface area contributed by atoms with Crippen LogP contribution in [0.25, 0.3) is 0 Å². The fourth-order valence-corrected chi connectivity index (χ4v) is 2.28. The Balaban J connectivity index is 1.61. The highest BCUT2D eigenvalue weighted by Gasteiger charge is 2.09. The Kier molecular flexibility index (Phi) is 5.95. The molecule has 9 heteroatoms. The third-order valence-corrected chi connectivity index (χ3v) is 3.63. The van der Waals surface area contributed by atoms with Gasteiger partial charge in [-0.3, -0.25) is 9.78 Å². The van der Waals surface area contributed by atoms with Crippen LogP contribution in [-0.4, -0.2) is 32.4 Å². The Hall–Kier alpha value is -4.19. The van der Waals surface area contributed by atoms with Crippen LogP contribution in [0.4, 0.5) is 23.0 Å². The van der Waals surface area contributed by atoms with E-state index in [-0.39, 0.29) is 11.6 Å². The first-order valence-corrected chi connectivity index (χ1v) is 8.35. The van der Waals surface area contributed by atoms with Gasteiger partial charge in [0.2, 0.25) is 0 Å². The largest absolute Gasteiger partial charge is 0.382 e. The van der Waals surface area contributed by atoms with Crippen molar-refractivity contribution in [2.75, 3.05) is 28.2 Å². The van der Waals surface area contributed by atoms with E-state index in [0.29, 0.717) is 36.1 Å². The summed E-state index contributed by atoms with van der Waals surface area (Å²) in [5, 5.41) is 8.81. The Morgan fingerprint density at radius 2 is 2.00 bits per heavy atom. The number of hydrogen-bond donors (Lipinski definition) is 4. The fourth-order valence-electron chi connectivity index (χ4n) is 2.28. The van der Waals surface area contributed by atoms with Crippen LogP contribution >= 0.6 is 0 Å². The summed E-state index contributed by atoms with van der Waals surface area (Å²) >= 11 is 0. The van der Waals surface area contributed by atoms with Crippen molar-refractivity contribution in [1.29, 1.82) is 0 Å². The maximum Gasteiger partial charge on any atom is 0.275 e. The zero-order valence-electron chi connectivity index (χ0n) is 14.9. The van der Waals surface area contributed by atoms with Gasteiger partial charge in [0.1, 0.15) is 17.3 Å². The summed E-state index contributed by atoms with van der Waals surface area (Å²) in [6.45, 7) is 0.758. The molecule has 140 valence electrons. The number of hydrogen-bond acceptors (Lipinski definition) is 8. The van der Waals surface area contributed by atoms with Gasteiger partial charge >= 0.3 is 0 Å². The number of nitrogens with two attached hydrogens (primary N) is 1. The molecule has 0 bridgehead atoms. The average molecular weight is 374 g/mol. The van der Waals surface area contributed by atoms with Crippen LogP contribution in [0.2, 0.25) is 0 Å². The Labute approximate surface area is 161 Å². The first-order valence-electron chi connectivity index (χ1n) is 8.35. The van der Waals surface area contributed by atoms with Gasteiger partial charge in [0.05, 0.1) is 36.9 Å². The van der Waals surface area contributed by atoms with Crippen LogP contribution < -0.4 is 21.7 Å². The van der Waals surface area contributed by atoms with Gasteiger partial charge in [-0.2, -0.15) is 0 Å². The van der Waals surface area contributed by atoms with E-state index in [1.807, 2.05) is 6.07 Å². The number of nitrogen functional groups attached to an aromatic ring is 1. The first kappa shape index (κ1) is 18.6. The lowest BCUT2D eigenvalue weighted by molar-refractivity contribution is 0.102. The topological polar surface area (TPSA) is 131 Å². The van der Waals surface area contributed by atoms with Crippen molar-refractivity contribution >= 4 is 28.9 Å². The zero-order valence-corrected chi connectivity index (χ0v) is 14.9. The van der Waals surface area contributed by atoms with E-state index in [0.717, 1.165) is 5.69 Å². The molecule has 0 fully saturated rings. The van der Waals surface area contributed by atoms with E-state index in [9.17, 15) is 4.79 Å². The van der Waals surface area contributed by atoms with E-state index < -0.39 is 0 Å². The van der Waals surface area contributed by atoms with E-state index in [1.165, 1.54) is 12.4 Å². The van der Waals surface area contributed by atoms with Crippen LogP contribution in [0.3, 0.4) is 0 Å². The molecule has 0 aliphatic carbocycles. The third kappa shape index (κ3) is 4.92. The summed E-state index contributed by atoms with van der Waals surface area (Å²) in [6.07, 6.45) is 11.2. The molecule has 5 N–H and O–H groups in total. The van der Waals surface area contributed by atoms with Crippen molar-refractivity contribution in [1.82, 2.24) is 19.9 Å². The van der Waals surface area contributed by atoms with Crippen molar-refractivity contribution in [3.05, 3.63) is 60.4 Å². The number of pyridine rings is 2. The summed E-state index contributed by atoms with van der Waals surface area (Å²) in [6, 6.07) is 7.07. The monoisotopic (exact) mass is 374 g/mol. The van der Waals surface area contributed by atoms with Crippen LogP contribution in [0.15, 0.2) is 49.1 Å². The van der Waals surface area contributed by atoms with Crippen molar-refractivity contribution in [3.8, 4) is 12.3 Å². The highest BCUT2D eigenvalue weighted by molar-refractivity contribution is 6.02. The van der Waals surface area contributed by atoms with Gasteiger partial charge in [-0.05, 0) is 24.3 Å². The van der Waals surface area contributed by atoms with Crippen LogP contribution in [0, 0.1) is 12.3 Å². The number of rotatable bonds is 7. The summed E-state index contributed by atoms with van der Waals surface area (Å²) in [4.78, 5) is 28.8. The maximum absolute atomic E-state index is 12.3. The number of amides is 1. The van der Waals surface area contributed by atoms with Gasteiger partial charge in [-0.15, -0.1) is 6.42 Å². The smallest absolute Gasteiger partial charge is 0.275 e. The minimum Gasteiger partial charge on any atom is -0.382 e. The van der Waals surface area contributed by atoms with E-state index in [1.54, 1.807) is 30.6 Å². The van der Waals surface area contributed by atoms with Crippen LogP contribution in [-0.2, 0) is 6.54 Å². The lowest BCUT2D eigenvalue weighted by atomic mass is 10.3. The molecule has 0 saturated carbocycles. The van der Waals surface area contributed by atoms with Crippen molar-refractivity contribution < 1.29 is 4.79 Å². The molecular formula is C19H18N8O. The second kappa shape index (κ2) is 8.95. The van der Waals surface area contributed by atoms with Crippen LogP contribution in [0.5, 0.6) is 0 Å². The quantitative estimate of drug-likeness (QED) is 0.460. The van der Waals surface area contributed by atoms with Crippen molar-refractivity contribution in [3.63, 3.8) is 0 Å². The summed E-state index contributed by atoms with van der Waals surface area (Å²) < 4.78 is 0. The molecule has 3 rings (SSSR count). The minimum atomic E-state index is -0.377. The van der Waals surface area contributed by atoms with Crippen molar-refractivity contribution in [2.45, 2.75) is 6.54 Å². The number of carbonyl (C=O) groups excluding carboxylic acids is 1. The number of carbonyl (C=O) groups is 1. The second-order valence-corrected chi connectivity index (χ2v) is 5.62. The van der Waals surface area contributed by atoms with E-state index in [2.05, 4.69) is 41.8 Å². The summed E-state index contributed by atoms with van der Waals surface area (Å²) in [5.41, 5.74) is 8.02. The highest BCUT2D eigenvalue weighted by Crippen LogP contribution is 2.16. The molecule has 0 spiro atoms. The molecule has 0 atom stereocenters. The lowest BCUT2D eigenvalue weighted by Gasteiger charge is -2.09. The predicted octanol–water partition coefficient (Wildman–Crippen LogP) is 1.76. The number of terminal acetylenes is 1. The molecule has 0 saturated heterocycles. The molecule has 3 aromatic heterocycles. The summed E-state index contributed by atoms with van der Waals surface area (Å²) in [7, 11) is 0. The standard InChI is InChI=1S/C19H18N8O/c1-2-6-22-17-12-25-16(11-26-17)19(28)27-13-5-8-21-14(9-13)10-24-15-4-3-7-23-18(15)20/h1,3-5,7-9,11-12,24H,6,10H2,(H2,20,23)(H,22,26)(H,21,27,28). The normalized spacial score (nSPS) is 9.96. The van der Waals surface area contributed by atoms with Crippen LogP contribution in [0.1, 0.15) is 16.2 Å². The Morgan fingerprint density at radius 3 is 2.75 bits per heavy atom. The zero-order chi connectivity index (χ0) is 19.8. The molecule has 0 aliphatic heterocycles. The van der Waals surface area contributed by atoms with Gasteiger partial charge in [0, 0.05) is 18.1 Å². The maximum atomic E-state index is 12.3. The highest BCUT2D eigenvalue weighted by atomic mass is 16.1. The lowest BCUT2D eigenvalue weighted by Crippen LogP contribution is -2.15. The molecule has 1 amide bonds. The van der Waals surface area contributed by atoms with Gasteiger partial charge in [0.25, 0.3) is 5.91 Å². The molecule has 0 radical (unpaired) electrons. The van der Waals surface area contributed by atoms with Gasteiger partial charge < -0.3 is 21.7 Å². The SMILES string of the molecule is C#CCNc1cnc(C(=O)Nc2ccnc(CNc3cccnc3N)c2)cn1. The Bertz CT molecular complexity index is 997. The van der Waals surface area contributed by atoms with Gasteiger partial charge in [0.15, 0.2) is 0 Å². The predicted molar refractivity (Wildman–Crippen MR) is 108 cm³/mol. The number of nitrogens with zero attached hydrogens (tertiary/aromatic N) is 4. The molecule has 0 aliphatic rings. The van der Waals surface area contributed by atoms with E-state index >= 15 is 0 Å². The average Bonchev–Trinajstić information content (AvgIpc) is 2.72. The molecule has 3 heterocycles. The molecular weight excluding hydrogens is 356 g/mol. The molecule has 0 unspecified atom stereocenters. The summed E-state index contributed by atoms with van der Waals surface area (Å²) in [5.74, 6) is 2.97. The number of anilines is 4.